The molecule has 0 aliphatic heterocycles. The normalized spacial score (nSPS) is 12.7. The molecule has 190 valence electrons. The third-order valence-electron chi connectivity index (χ3n) is 4.59. The Bertz CT molecular complexity index is 813. The molecule has 0 rings (SSSR count). The van der Waals surface area contributed by atoms with Crippen molar-refractivity contribution >= 4 is 35.8 Å². The van der Waals surface area contributed by atoms with Gasteiger partial charge >= 0.3 is 35.8 Å². The van der Waals surface area contributed by atoms with Crippen LogP contribution in [0.5, 0.6) is 0 Å². The van der Waals surface area contributed by atoms with Gasteiger partial charge in [-0.15, -0.1) is 0 Å². The summed E-state index contributed by atoms with van der Waals surface area (Å²) in [5, 5.41) is 0. The number of methoxy groups -OCH3 is 4. The molecule has 0 amide bonds. The van der Waals surface area contributed by atoms with Gasteiger partial charge in [-0.25, -0.2) is 9.59 Å². The predicted molar refractivity (Wildman–Crippen MR) is 114 cm³/mol. The predicted octanol–water partition coefficient (Wildman–Crippen LogP) is 0.668. The minimum atomic E-state index is -1.34. The first-order chi connectivity index (χ1) is 15.9. The molecule has 34 heavy (non-hydrogen) atoms. The molecule has 0 aliphatic carbocycles. The Labute approximate surface area is 197 Å². The van der Waals surface area contributed by atoms with Crippen molar-refractivity contribution < 1.29 is 57.2 Å². The Morgan fingerprint density at radius 1 is 0.676 bits per heavy atom. The summed E-state index contributed by atoms with van der Waals surface area (Å²) in [6, 6.07) is 0. The maximum absolute atomic E-state index is 12.5. The summed E-state index contributed by atoms with van der Waals surface area (Å²) in [4.78, 5) is 71.5. The topological polar surface area (TPSA) is 158 Å². The molecule has 3 unspecified atom stereocenters. The Morgan fingerprint density at radius 3 is 1.47 bits per heavy atom. The standard InChI is InChI=1S/C22H30O12/c1-12(34-22(28)16(11-18(24)30-5)14(3)20(26)32-7)8-9-33-21(27)15(10-17(23)29-4)13(2)19(25)31-6/h12,15-16H,2-3,8-11H2,1,4-7H3. The van der Waals surface area contributed by atoms with Gasteiger partial charge in [-0.05, 0) is 6.92 Å². The van der Waals surface area contributed by atoms with Crippen LogP contribution in [0, 0.1) is 11.8 Å². The third kappa shape index (κ3) is 9.84. The van der Waals surface area contributed by atoms with Gasteiger partial charge in [0.15, 0.2) is 0 Å². The maximum Gasteiger partial charge on any atom is 0.334 e. The minimum Gasteiger partial charge on any atom is -0.469 e. The van der Waals surface area contributed by atoms with Crippen molar-refractivity contribution in [2.75, 3.05) is 35.0 Å². The van der Waals surface area contributed by atoms with E-state index in [0.29, 0.717) is 0 Å². The van der Waals surface area contributed by atoms with Crippen LogP contribution in [0.4, 0.5) is 0 Å². The average molecular weight is 486 g/mol. The van der Waals surface area contributed by atoms with Crippen LogP contribution < -0.4 is 0 Å². The molecule has 12 nitrogen and oxygen atoms in total. The molecule has 0 bridgehead atoms. The summed E-state index contributed by atoms with van der Waals surface area (Å²) < 4.78 is 28.4. The molecule has 0 radical (unpaired) electrons. The number of ether oxygens (including phenoxy) is 6. The lowest BCUT2D eigenvalue weighted by Gasteiger charge is -2.20. The maximum atomic E-state index is 12.5. The van der Waals surface area contributed by atoms with Gasteiger partial charge in [-0.2, -0.15) is 0 Å². The van der Waals surface area contributed by atoms with E-state index < -0.39 is 66.6 Å². The highest BCUT2D eigenvalue weighted by molar-refractivity contribution is 5.97. The van der Waals surface area contributed by atoms with Gasteiger partial charge in [-0.1, -0.05) is 13.2 Å². The van der Waals surface area contributed by atoms with E-state index in [0.717, 1.165) is 28.4 Å². The molecule has 0 aromatic heterocycles. The fraction of sp³-hybridized carbons (Fsp3) is 0.545. The van der Waals surface area contributed by atoms with Gasteiger partial charge in [-0.3, -0.25) is 19.2 Å². The summed E-state index contributed by atoms with van der Waals surface area (Å²) in [5.41, 5.74) is -0.576. The number of hydrogen-bond donors (Lipinski definition) is 0. The highest BCUT2D eigenvalue weighted by Crippen LogP contribution is 2.21. The lowest BCUT2D eigenvalue weighted by Crippen LogP contribution is -2.30. The number of carbonyl (C=O) groups is 6. The highest BCUT2D eigenvalue weighted by Gasteiger charge is 2.33. The first-order valence-electron chi connectivity index (χ1n) is 9.98. The van der Waals surface area contributed by atoms with Gasteiger partial charge in [0.2, 0.25) is 0 Å². The Hall–Kier alpha value is -3.70. The molecular weight excluding hydrogens is 456 g/mol. The van der Waals surface area contributed by atoms with Gasteiger partial charge in [0.1, 0.15) is 6.10 Å². The Balaban J connectivity index is 5.07. The molecule has 0 aromatic carbocycles. The molecule has 0 aliphatic rings. The smallest absolute Gasteiger partial charge is 0.334 e. The molecular formula is C22H30O12. The SMILES string of the molecule is C=C(C(=O)OC)C(CC(=O)OC)C(=O)OCCC(C)OC(=O)C(CC(=O)OC)C(=C)C(=O)OC. The second kappa shape index (κ2) is 15.2. The Kier molecular flexibility index (Phi) is 13.5. The summed E-state index contributed by atoms with van der Waals surface area (Å²) in [6.45, 7) is 8.18. The van der Waals surface area contributed by atoms with Crippen LogP contribution in [0.25, 0.3) is 0 Å². The van der Waals surface area contributed by atoms with Gasteiger partial charge in [0, 0.05) is 17.6 Å². The van der Waals surface area contributed by atoms with E-state index in [4.69, 9.17) is 9.47 Å². The van der Waals surface area contributed by atoms with E-state index in [-0.39, 0.29) is 24.2 Å². The van der Waals surface area contributed by atoms with E-state index in [2.05, 4.69) is 32.1 Å². The molecule has 0 fully saturated rings. The lowest BCUT2D eigenvalue weighted by atomic mass is 9.96. The zero-order valence-corrected chi connectivity index (χ0v) is 19.9. The molecule has 3 atom stereocenters. The van der Waals surface area contributed by atoms with Crippen molar-refractivity contribution in [3.8, 4) is 0 Å². The quantitative estimate of drug-likeness (QED) is 0.192. The second-order valence-electron chi connectivity index (χ2n) is 6.90. The zero-order chi connectivity index (χ0) is 26.4. The molecule has 0 heterocycles. The van der Waals surface area contributed by atoms with E-state index >= 15 is 0 Å². The summed E-state index contributed by atoms with van der Waals surface area (Å²) >= 11 is 0. The molecule has 12 heteroatoms. The molecule has 0 spiro atoms. The molecule has 0 saturated carbocycles. The average Bonchev–Trinajstić information content (AvgIpc) is 2.82. The fourth-order valence-corrected chi connectivity index (χ4v) is 2.51. The van der Waals surface area contributed by atoms with Crippen molar-refractivity contribution in [2.45, 2.75) is 32.3 Å². The summed E-state index contributed by atoms with van der Waals surface area (Å²) in [6.07, 6.45) is -1.77. The van der Waals surface area contributed by atoms with Crippen molar-refractivity contribution in [1.29, 1.82) is 0 Å². The van der Waals surface area contributed by atoms with Crippen molar-refractivity contribution in [3.63, 3.8) is 0 Å². The summed E-state index contributed by atoms with van der Waals surface area (Å²) in [7, 11) is 4.41. The number of carbonyl (C=O) groups excluding carboxylic acids is 6. The zero-order valence-electron chi connectivity index (χ0n) is 19.9. The first-order valence-corrected chi connectivity index (χ1v) is 9.98. The fourth-order valence-electron chi connectivity index (χ4n) is 2.51. The van der Waals surface area contributed by atoms with E-state index in [1.807, 2.05) is 0 Å². The van der Waals surface area contributed by atoms with Crippen molar-refractivity contribution in [2.24, 2.45) is 11.8 Å². The third-order valence-corrected chi connectivity index (χ3v) is 4.59. The highest BCUT2D eigenvalue weighted by atomic mass is 16.6. The van der Waals surface area contributed by atoms with Crippen LogP contribution in [-0.2, 0) is 57.2 Å². The Morgan fingerprint density at radius 2 is 1.09 bits per heavy atom. The van der Waals surface area contributed by atoms with E-state index in [1.165, 1.54) is 6.92 Å². The van der Waals surface area contributed by atoms with Crippen LogP contribution in [-0.4, -0.2) is 77.0 Å². The number of esters is 6. The molecule has 0 aromatic rings. The molecule has 0 N–H and O–H groups in total. The number of rotatable bonds is 14. The summed E-state index contributed by atoms with van der Waals surface area (Å²) in [5.74, 6) is -7.84. The molecule has 0 saturated heterocycles. The van der Waals surface area contributed by atoms with Crippen LogP contribution in [0.15, 0.2) is 24.3 Å². The van der Waals surface area contributed by atoms with Crippen LogP contribution in [0.3, 0.4) is 0 Å². The first kappa shape index (κ1) is 30.3. The lowest BCUT2D eigenvalue weighted by molar-refractivity contribution is -0.160. The largest absolute Gasteiger partial charge is 0.469 e. The van der Waals surface area contributed by atoms with Crippen molar-refractivity contribution in [3.05, 3.63) is 24.3 Å². The number of hydrogen-bond acceptors (Lipinski definition) is 12. The van der Waals surface area contributed by atoms with Crippen LogP contribution in [0.1, 0.15) is 26.2 Å². The van der Waals surface area contributed by atoms with E-state index in [9.17, 15) is 28.8 Å². The minimum absolute atomic E-state index is 0.0166. The van der Waals surface area contributed by atoms with Crippen molar-refractivity contribution in [1.82, 2.24) is 0 Å². The van der Waals surface area contributed by atoms with Gasteiger partial charge in [0.05, 0.1) is 59.7 Å². The monoisotopic (exact) mass is 486 g/mol. The second-order valence-corrected chi connectivity index (χ2v) is 6.90. The van der Waals surface area contributed by atoms with Gasteiger partial charge < -0.3 is 28.4 Å². The van der Waals surface area contributed by atoms with Crippen LogP contribution in [0.2, 0.25) is 0 Å². The van der Waals surface area contributed by atoms with E-state index in [1.54, 1.807) is 0 Å². The van der Waals surface area contributed by atoms with Crippen LogP contribution >= 0.6 is 0 Å². The van der Waals surface area contributed by atoms with Gasteiger partial charge in [0.25, 0.3) is 0 Å².